The molecule has 2 atom stereocenters. The fourth-order valence-corrected chi connectivity index (χ4v) is 4.52. The third kappa shape index (κ3) is 3.03. The van der Waals surface area contributed by atoms with Crippen molar-refractivity contribution in [2.45, 2.75) is 44.7 Å². The van der Waals surface area contributed by atoms with E-state index in [4.69, 9.17) is 0 Å². The van der Waals surface area contributed by atoms with Crippen LogP contribution in [0, 0.1) is 0 Å². The van der Waals surface area contributed by atoms with Crippen molar-refractivity contribution >= 4 is 15.7 Å². The minimum atomic E-state index is -2.94. The fraction of sp³-hybridized carbons (Fsp3) is 0.917. The van der Waals surface area contributed by atoms with E-state index >= 15 is 0 Å². The summed E-state index contributed by atoms with van der Waals surface area (Å²) >= 11 is 0. The maximum atomic E-state index is 12.2. The normalized spacial score (nSPS) is 31.8. The second kappa shape index (κ2) is 5.57. The SMILES string of the molecule is CCCNC1CCN(C2CCCS(=O)(=O)C2)C1=O. The molecular formula is C12H22N2O3S. The van der Waals surface area contributed by atoms with E-state index in [1.807, 2.05) is 0 Å². The average Bonchev–Trinajstić information content (AvgIpc) is 2.67. The molecular weight excluding hydrogens is 252 g/mol. The Hall–Kier alpha value is -0.620. The Kier molecular flexibility index (Phi) is 4.27. The third-order valence-corrected chi connectivity index (χ3v) is 5.56. The topological polar surface area (TPSA) is 66.5 Å². The first kappa shape index (κ1) is 13.8. The summed E-state index contributed by atoms with van der Waals surface area (Å²) in [4.78, 5) is 14.0. The van der Waals surface area contributed by atoms with Crippen molar-refractivity contribution < 1.29 is 13.2 Å². The molecule has 0 bridgehead atoms. The van der Waals surface area contributed by atoms with Crippen LogP contribution in [0.2, 0.25) is 0 Å². The highest BCUT2D eigenvalue weighted by atomic mass is 32.2. The van der Waals surface area contributed by atoms with E-state index in [0.29, 0.717) is 13.0 Å². The van der Waals surface area contributed by atoms with Gasteiger partial charge in [-0.2, -0.15) is 0 Å². The highest BCUT2D eigenvalue weighted by Crippen LogP contribution is 2.22. The van der Waals surface area contributed by atoms with Gasteiger partial charge in [0.2, 0.25) is 5.91 Å². The van der Waals surface area contributed by atoms with Gasteiger partial charge in [0.1, 0.15) is 0 Å². The van der Waals surface area contributed by atoms with Crippen molar-refractivity contribution in [3.05, 3.63) is 0 Å². The summed E-state index contributed by atoms with van der Waals surface area (Å²) in [5.74, 6) is 0.521. The number of nitrogens with zero attached hydrogens (tertiary/aromatic N) is 1. The van der Waals surface area contributed by atoms with Crippen LogP contribution in [0.5, 0.6) is 0 Å². The largest absolute Gasteiger partial charge is 0.337 e. The lowest BCUT2D eigenvalue weighted by atomic mass is 10.1. The van der Waals surface area contributed by atoms with Crippen LogP contribution in [0.4, 0.5) is 0 Å². The quantitative estimate of drug-likeness (QED) is 0.793. The minimum absolute atomic E-state index is 0.0885. The summed E-state index contributed by atoms with van der Waals surface area (Å²) in [7, 11) is -2.94. The summed E-state index contributed by atoms with van der Waals surface area (Å²) in [5.41, 5.74) is 0. The van der Waals surface area contributed by atoms with Crippen LogP contribution in [-0.4, -0.2) is 55.9 Å². The van der Waals surface area contributed by atoms with E-state index in [2.05, 4.69) is 12.2 Å². The number of rotatable bonds is 4. The fourth-order valence-electron chi connectivity index (χ4n) is 2.82. The van der Waals surface area contributed by atoms with E-state index in [9.17, 15) is 13.2 Å². The van der Waals surface area contributed by atoms with Crippen molar-refractivity contribution in [2.75, 3.05) is 24.6 Å². The molecule has 2 unspecified atom stereocenters. The van der Waals surface area contributed by atoms with Gasteiger partial charge >= 0.3 is 0 Å². The number of carbonyl (C=O) groups excluding carboxylic acids is 1. The van der Waals surface area contributed by atoms with Gasteiger partial charge in [0, 0.05) is 12.6 Å². The molecule has 2 fully saturated rings. The first-order valence-corrected chi connectivity index (χ1v) is 8.60. The zero-order valence-electron chi connectivity index (χ0n) is 10.9. The Morgan fingerprint density at radius 1 is 1.39 bits per heavy atom. The molecule has 6 heteroatoms. The molecule has 0 radical (unpaired) electrons. The van der Waals surface area contributed by atoms with Gasteiger partial charge in [0.25, 0.3) is 0 Å². The van der Waals surface area contributed by atoms with Crippen LogP contribution < -0.4 is 5.32 Å². The number of carbonyl (C=O) groups is 1. The molecule has 2 heterocycles. The molecule has 2 aliphatic heterocycles. The van der Waals surface area contributed by atoms with Crippen LogP contribution in [0.25, 0.3) is 0 Å². The molecule has 1 amide bonds. The van der Waals surface area contributed by atoms with Crippen LogP contribution in [-0.2, 0) is 14.6 Å². The number of amides is 1. The maximum Gasteiger partial charge on any atom is 0.240 e. The Labute approximate surface area is 109 Å². The molecule has 0 aromatic heterocycles. The number of likely N-dealkylation sites (tertiary alicyclic amines) is 1. The van der Waals surface area contributed by atoms with Gasteiger partial charge < -0.3 is 10.2 Å². The molecule has 2 saturated heterocycles. The monoisotopic (exact) mass is 274 g/mol. The van der Waals surface area contributed by atoms with Gasteiger partial charge in [-0.3, -0.25) is 4.79 Å². The zero-order valence-corrected chi connectivity index (χ0v) is 11.7. The van der Waals surface area contributed by atoms with Crippen LogP contribution in [0.3, 0.4) is 0 Å². The summed E-state index contributed by atoms with van der Waals surface area (Å²) in [6.07, 6.45) is 3.31. The average molecular weight is 274 g/mol. The first-order valence-electron chi connectivity index (χ1n) is 6.78. The molecule has 0 aliphatic carbocycles. The second-order valence-electron chi connectivity index (χ2n) is 5.24. The summed E-state index contributed by atoms with van der Waals surface area (Å²) < 4.78 is 23.2. The Morgan fingerprint density at radius 3 is 2.83 bits per heavy atom. The van der Waals surface area contributed by atoms with Crippen molar-refractivity contribution in [3.63, 3.8) is 0 Å². The summed E-state index contributed by atoms with van der Waals surface area (Å²) in [6, 6.07) is -0.195. The third-order valence-electron chi connectivity index (χ3n) is 3.76. The van der Waals surface area contributed by atoms with Crippen molar-refractivity contribution in [2.24, 2.45) is 0 Å². The van der Waals surface area contributed by atoms with E-state index in [1.54, 1.807) is 4.90 Å². The number of sulfone groups is 1. The van der Waals surface area contributed by atoms with Crippen LogP contribution in [0.15, 0.2) is 0 Å². The molecule has 1 N–H and O–H groups in total. The minimum Gasteiger partial charge on any atom is -0.337 e. The predicted octanol–water partition coefficient (Wildman–Crippen LogP) is 0.164. The molecule has 2 rings (SSSR count). The maximum absolute atomic E-state index is 12.2. The van der Waals surface area contributed by atoms with Crippen LogP contribution in [0.1, 0.15) is 32.6 Å². The Bertz CT molecular complexity index is 408. The van der Waals surface area contributed by atoms with Gasteiger partial charge in [-0.15, -0.1) is 0 Å². The molecule has 0 aromatic rings. The number of nitrogens with one attached hydrogen (secondary N) is 1. The van der Waals surface area contributed by atoms with Gasteiger partial charge in [0.15, 0.2) is 9.84 Å². The van der Waals surface area contributed by atoms with E-state index in [0.717, 1.165) is 25.8 Å². The lowest BCUT2D eigenvalue weighted by Crippen LogP contribution is -2.47. The molecule has 104 valence electrons. The smallest absolute Gasteiger partial charge is 0.240 e. The second-order valence-corrected chi connectivity index (χ2v) is 7.47. The van der Waals surface area contributed by atoms with Crippen molar-refractivity contribution in [1.29, 1.82) is 0 Å². The predicted molar refractivity (Wildman–Crippen MR) is 70.1 cm³/mol. The van der Waals surface area contributed by atoms with E-state index < -0.39 is 9.84 Å². The number of hydrogen-bond acceptors (Lipinski definition) is 4. The molecule has 2 aliphatic rings. The highest BCUT2D eigenvalue weighted by Gasteiger charge is 2.38. The zero-order chi connectivity index (χ0) is 13.2. The van der Waals surface area contributed by atoms with E-state index in [-0.39, 0.29) is 29.5 Å². The summed E-state index contributed by atoms with van der Waals surface area (Å²) in [5, 5.41) is 3.23. The lowest BCUT2D eigenvalue weighted by molar-refractivity contribution is -0.131. The standard InChI is InChI=1S/C12H22N2O3S/c1-2-6-13-11-5-7-14(12(11)15)10-4-3-8-18(16,17)9-10/h10-11,13H,2-9H2,1H3. The molecule has 5 nitrogen and oxygen atoms in total. The van der Waals surface area contributed by atoms with Gasteiger partial charge in [-0.25, -0.2) is 8.42 Å². The first-order chi connectivity index (χ1) is 8.53. The van der Waals surface area contributed by atoms with Gasteiger partial charge in [-0.05, 0) is 32.2 Å². The Balaban J connectivity index is 1.96. The van der Waals surface area contributed by atoms with Crippen LogP contribution >= 0.6 is 0 Å². The van der Waals surface area contributed by atoms with Crippen molar-refractivity contribution in [1.82, 2.24) is 10.2 Å². The van der Waals surface area contributed by atoms with E-state index in [1.165, 1.54) is 0 Å². The Morgan fingerprint density at radius 2 is 2.17 bits per heavy atom. The molecule has 0 aromatic carbocycles. The molecule has 0 spiro atoms. The molecule has 18 heavy (non-hydrogen) atoms. The van der Waals surface area contributed by atoms with Gasteiger partial charge in [-0.1, -0.05) is 6.92 Å². The number of hydrogen-bond donors (Lipinski definition) is 1. The van der Waals surface area contributed by atoms with Crippen molar-refractivity contribution in [3.8, 4) is 0 Å². The molecule has 0 saturated carbocycles. The van der Waals surface area contributed by atoms with Gasteiger partial charge in [0.05, 0.1) is 17.5 Å². The summed E-state index contributed by atoms with van der Waals surface area (Å²) in [6.45, 7) is 3.60. The highest BCUT2D eigenvalue weighted by molar-refractivity contribution is 7.91. The lowest BCUT2D eigenvalue weighted by Gasteiger charge is -2.31.